The first kappa shape index (κ1) is 24.7. The molecule has 1 heteroatoms. The van der Waals surface area contributed by atoms with Gasteiger partial charge in [0, 0.05) is 22.1 Å². The molecule has 2 aliphatic carbocycles. The van der Waals surface area contributed by atoms with Crippen molar-refractivity contribution in [1.29, 1.82) is 0 Å². The second-order valence-electron chi connectivity index (χ2n) is 12.8. The number of aryl methyl sites for hydroxylation is 1. The van der Waals surface area contributed by atoms with Crippen molar-refractivity contribution in [2.45, 2.75) is 38.0 Å². The van der Waals surface area contributed by atoms with E-state index in [4.69, 9.17) is 4.42 Å². The van der Waals surface area contributed by atoms with Gasteiger partial charge in [-0.15, -0.1) is 0 Å². The second-order valence-corrected chi connectivity index (χ2v) is 12.8. The Kier molecular flexibility index (Phi) is 5.20. The van der Waals surface area contributed by atoms with Crippen LogP contribution in [0.25, 0.3) is 55.3 Å². The minimum absolute atomic E-state index is 0.00693. The van der Waals surface area contributed by atoms with Crippen molar-refractivity contribution in [3.63, 3.8) is 0 Å². The van der Waals surface area contributed by atoms with Crippen LogP contribution < -0.4 is 0 Å². The van der Waals surface area contributed by atoms with Crippen LogP contribution >= 0.6 is 0 Å². The summed E-state index contributed by atoms with van der Waals surface area (Å²) in [6.45, 7) is 4.76. The monoisotopic (exact) mass is 552 g/mol. The lowest BCUT2D eigenvalue weighted by atomic mass is 9.80. The largest absolute Gasteiger partial charge is 0.456 e. The van der Waals surface area contributed by atoms with Gasteiger partial charge in [-0.3, -0.25) is 0 Å². The maximum atomic E-state index is 6.44. The van der Waals surface area contributed by atoms with E-state index in [-0.39, 0.29) is 5.41 Å². The molecule has 0 radical (unpaired) electrons. The number of hydrogen-bond acceptors (Lipinski definition) is 1. The van der Waals surface area contributed by atoms with Gasteiger partial charge < -0.3 is 4.42 Å². The topological polar surface area (TPSA) is 13.1 Å². The third kappa shape index (κ3) is 3.64. The van der Waals surface area contributed by atoms with E-state index >= 15 is 0 Å². The number of fused-ring (bicyclic) bond motifs is 9. The third-order valence-corrected chi connectivity index (χ3v) is 10.1. The summed E-state index contributed by atoms with van der Waals surface area (Å²) in [4.78, 5) is 0. The van der Waals surface area contributed by atoms with Crippen LogP contribution in [0.5, 0.6) is 0 Å². The summed E-state index contributed by atoms with van der Waals surface area (Å²) >= 11 is 0. The highest BCUT2D eigenvalue weighted by molar-refractivity contribution is 6.06. The molecule has 206 valence electrons. The zero-order valence-corrected chi connectivity index (χ0v) is 24.5. The molecule has 9 rings (SSSR count). The van der Waals surface area contributed by atoms with E-state index in [1.807, 2.05) is 0 Å². The van der Waals surface area contributed by atoms with Crippen molar-refractivity contribution >= 4 is 21.9 Å². The molecule has 1 heterocycles. The molecule has 2 aliphatic rings. The Morgan fingerprint density at radius 1 is 0.535 bits per heavy atom. The fraction of sp³-hybridized carbons (Fsp3) is 0.143. The van der Waals surface area contributed by atoms with Gasteiger partial charge in [-0.05, 0) is 98.3 Å². The molecule has 0 N–H and O–H groups in total. The van der Waals surface area contributed by atoms with Gasteiger partial charge in [0.2, 0.25) is 0 Å². The molecule has 0 unspecified atom stereocenters. The molecule has 0 amide bonds. The van der Waals surface area contributed by atoms with Crippen molar-refractivity contribution in [2.75, 3.05) is 0 Å². The average Bonchev–Trinajstić information content (AvgIpc) is 3.64. The maximum Gasteiger partial charge on any atom is 0.136 e. The van der Waals surface area contributed by atoms with Crippen LogP contribution in [0, 0.1) is 0 Å². The minimum atomic E-state index is 0.00693. The summed E-state index contributed by atoms with van der Waals surface area (Å²) in [6, 6.07) is 47.0. The molecule has 6 aromatic carbocycles. The van der Waals surface area contributed by atoms with Crippen molar-refractivity contribution in [3.05, 3.63) is 155 Å². The predicted molar refractivity (Wildman–Crippen MR) is 179 cm³/mol. The summed E-state index contributed by atoms with van der Waals surface area (Å²) in [5, 5.41) is 2.37. The fourth-order valence-corrected chi connectivity index (χ4v) is 7.91. The zero-order chi connectivity index (χ0) is 28.7. The standard InChI is InChI=1S/C42H32O/c1-42(2)38-15-9-8-14-32(38)37-24-35-30-13-7-6-12-29(30)31(36(35)25-39(37)42)19-16-26-17-20-33-34-21-18-28(27-10-4-3-5-11-27)23-41(34)43-40(33)22-26/h3-15,17-18,20-25,31H,16,19H2,1-2H3/t31-/m0/s1. The van der Waals surface area contributed by atoms with Gasteiger partial charge in [0.15, 0.2) is 0 Å². The van der Waals surface area contributed by atoms with Crippen LogP contribution in [0.1, 0.15) is 54.0 Å². The summed E-state index contributed by atoms with van der Waals surface area (Å²) in [5.41, 5.74) is 17.1. The molecule has 0 aliphatic heterocycles. The van der Waals surface area contributed by atoms with Crippen molar-refractivity contribution in [2.24, 2.45) is 0 Å². The van der Waals surface area contributed by atoms with Crippen molar-refractivity contribution in [1.82, 2.24) is 0 Å². The van der Waals surface area contributed by atoms with E-state index in [1.165, 1.54) is 72.0 Å². The minimum Gasteiger partial charge on any atom is -0.456 e. The Morgan fingerprint density at radius 3 is 2.12 bits per heavy atom. The summed E-state index contributed by atoms with van der Waals surface area (Å²) in [6.07, 6.45) is 2.07. The number of hydrogen-bond donors (Lipinski definition) is 0. The molecule has 1 aromatic heterocycles. The van der Waals surface area contributed by atoms with E-state index in [1.54, 1.807) is 0 Å². The second kappa shape index (κ2) is 9.06. The summed E-state index contributed by atoms with van der Waals surface area (Å²) in [7, 11) is 0. The molecule has 1 atom stereocenters. The highest BCUT2D eigenvalue weighted by Gasteiger charge is 2.38. The van der Waals surface area contributed by atoms with Crippen LogP contribution in [0.2, 0.25) is 0 Å². The quantitative estimate of drug-likeness (QED) is 0.212. The van der Waals surface area contributed by atoms with E-state index in [0.717, 1.165) is 24.0 Å². The van der Waals surface area contributed by atoms with Gasteiger partial charge in [-0.25, -0.2) is 0 Å². The first-order valence-corrected chi connectivity index (χ1v) is 15.4. The average molecular weight is 553 g/mol. The smallest absolute Gasteiger partial charge is 0.136 e. The van der Waals surface area contributed by atoms with Crippen LogP contribution in [-0.2, 0) is 11.8 Å². The highest BCUT2D eigenvalue weighted by Crippen LogP contribution is 2.55. The lowest BCUT2D eigenvalue weighted by molar-refractivity contribution is 0.655. The van der Waals surface area contributed by atoms with Gasteiger partial charge in [0.1, 0.15) is 11.2 Å². The lowest BCUT2D eigenvalue weighted by Crippen LogP contribution is -2.15. The van der Waals surface area contributed by atoms with Gasteiger partial charge >= 0.3 is 0 Å². The van der Waals surface area contributed by atoms with Crippen LogP contribution in [0.15, 0.2) is 132 Å². The van der Waals surface area contributed by atoms with E-state index < -0.39 is 0 Å². The van der Waals surface area contributed by atoms with Gasteiger partial charge in [0.25, 0.3) is 0 Å². The van der Waals surface area contributed by atoms with Gasteiger partial charge in [0.05, 0.1) is 0 Å². The SMILES string of the molecule is CC1(C)c2ccccc2-c2cc3c(cc21)[C@@H](CCc1ccc2c(c1)oc1cc(-c4ccccc4)ccc12)c1ccccc1-3. The molecule has 7 aromatic rings. The molecule has 0 saturated carbocycles. The first-order valence-electron chi connectivity index (χ1n) is 15.4. The van der Waals surface area contributed by atoms with Crippen molar-refractivity contribution < 1.29 is 4.42 Å². The Labute approximate surface area is 252 Å². The molecule has 0 fully saturated rings. The van der Waals surface area contributed by atoms with E-state index in [2.05, 4.69) is 141 Å². The highest BCUT2D eigenvalue weighted by atomic mass is 16.3. The van der Waals surface area contributed by atoms with Gasteiger partial charge in [-0.1, -0.05) is 117 Å². The number of benzene rings is 6. The molecular formula is C42H32O. The normalized spacial score (nSPS) is 15.8. The number of rotatable bonds is 4. The zero-order valence-electron chi connectivity index (χ0n) is 24.5. The Balaban J connectivity index is 1.07. The number of furan rings is 1. The third-order valence-electron chi connectivity index (χ3n) is 10.1. The molecule has 0 bridgehead atoms. The van der Waals surface area contributed by atoms with Crippen LogP contribution in [0.3, 0.4) is 0 Å². The molecule has 43 heavy (non-hydrogen) atoms. The van der Waals surface area contributed by atoms with Crippen LogP contribution in [0.4, 0.5) is 0 Å². The van der Waals surface area contributed by atoms with E-state index in [0.29, 0.717) is 5.92 Å². The maximum absolute atomic E-state index is 6.44. The first-order chi connectivity index (χ1) is 21.1. The van der Waals surface area contributed by atoms with Crippen LogP contribution in [-0.4, -0.2) is 0 Å². The van der Waals surface area contributed by atoms with E-state index in [9.17, 15) is 0 Å². The molecule has 0 spiro atoms. The fourth-order valence-electron chi connectivity index (χ4n) is 7.91. The Hall–Kier alpha value is -4.88. The summed E-state index contributed by atoms with van der Waals surface area (Å²) in [5.74, 6) is 0.385. The summed E-state index contributed by atoms with van der Waals surface area (Å²) < 4.78 is 6.44. The molecular weight excluding hydrogens is 520 g/mol. The molecule has 1 nitrogen and oxygen atoms in total. The Morgan fingerprint density at radius 2 is 1.26 bits per heavy atom. The molecule has 0 saturated heterocycles. The lowest BCUT2D eigenvalue weighted by Gasteiger charge is -2.23. The van der Waals surface area contributed by atoms with Crippen molar-refractivity contribution in [3.8, 4) is 33.4 Å². The Bertz CT molecular complexity index is 2210. The van der Waals surface area contributed by atoms with Gasteiger partial charge in [-0.2, -0.15) is 0 Å². The predicted octanol–water partition coefficient (Wildman–Crippen LogP) is 11.3.